The summed E-state index contributed by atoms with van der Waals surface area (Å²) in [6, 6.07) is 5.17. The van der Waals surface area contributed by atoms with Crippen molar-refractivity contribution in [1.29, 1.82) is 0 Å². The first-order chi connectivity index (χ1) is 20.8. The van der Waals surface area contributed by atoms with Gasteiger partial charge in [-0.2, -0.15) is 0 Å². The van der Waals surface area contributed by atoms with Gasteiger partial charge in [0.25, 0.3) is 0 Å². The van der Waals surface area contributed by atoms with Crippen LogP contribution in [-0.2, 0) is 14.2 Å². The molecular weight excluding hydrogens is 596 g/mol. The van der Waals surface area contributed by atoms with Crippen LogP contribution in [-0.4, -0.2) is 131 Å². The summed E-state index contributed by atoms with van der Waals surface area (Å²) < 4.78 is 27.6. The molecule has 10 atom stereocenters. The summed E-state index contributed by atoms with van der Waals surface area (Å²) in [4.78, 5) is 13.6. The normalized spacial score (nSPS) is 32.5. The predicted molar refractivity (Wildman–Crippen MR) is 142 cm³/mol. The van der Waals surface area contributed by atoms with Crippen LogP contribution in [0.5, 0.6) is 28.7 Å². The van der Waals surface area contributed by atoms with Gasteiger partial charge in [0.05, 0.1) is 13.2 Å². The number of rotatable bonds is 7. The van der Waals surface area contributed by atoms with E-state index < -0.39 is 120 Å². The molecule has 44 heavy (non-hydrogen) atoms. The van der Waals surface area contributed by atoms with Crippen molar-refractivity contribution in [2.24, 2.45) is 0 Å². The Kier molecular flexibility index (Phi) is 8.87. The van der Waals surface area contributed by atoms with Gasteiger partial charge in [0.15, 0.2) is 23.5 Å². The molecule has 17 nitrogen and oxygen atoms in total. The number of aliphatic hydroxyl groups excluding tert-OH is 7. The molecule has 2 aliphatic heterocycles. The average molecular weight is 627 g/mol. The van der Waals surface area contributed by atoms with E-state index in [9.17, 15) is 61.0 Å². The summed E-state index contributed by atoms with van der Waals surface area (Å²) in [5.41, 5.74) is -1.41. The molecule has 0 aliphatic carbocycles. The predicted octanol–water partition coefficient (Wildman–Crippen LogP) is -2.71. The molecule has 2 saturated heterocycles. The lowest BCUT2D eigenvalue weighted by atomic mass is 9.98. The van der Waals surface area contributed by atoms with Gasteiger partial charge < -0.3 is 79.5 Å². The van der Waals surface area contributed by atoms with Crippen LogP contribution in [0.2, 0.25) is 0 Å². The van der Waals surface area contributed by atoms with Crippen LogP contribution in [0.4, 0.5) is 0 Å². The summed E-state index contributed by atoms with van der Waals surface area (Å²) >= 11 is 0. The number of aliphatic hydroxyl groups is 7. The average Bonchev–Trinajstić information content (AvgIpc) is 2.98. The van der Waals surface area contributed by atoms with Gasteiger partial charge in [0.2, 0.25) is 17.5 Å². The van der Waals surface area contributed by atoms with E-state index in [2.05, 4.69) is 0 Å². The Labute approximate surface area is 246 Å². The van der Waals surface area contributed by atoms with Crippen molar-refractivity contribution < 1.29 is 79.5 Å². The third-order valence-corrected chi connectivity index (χ3v) is 7.33. The van der Waals surface area contributed by atoms with E-state index in [0.29, 0.717) is 0 Å². The molecule has 2 aromatic carbocycles. The third-order valence-electron chi connectivity index (χ3n) is 7.33. The molecule has 2 aliphatic rings. The standard InChI is InChI=1S/C27H30O17/c28-6-14-17(33)20(36)22(38)26(42-14)40-7-15-18(34)21(37)23(39)27(43-15)44-25-19(35)16-12(32)4-9(29)5-13(16)41-24(25)8-1-2-10(30)11(31)3-8/h1-5,14-15,17-18,20-23,26-34,36-39H,6-7H2/t14-,15-,17+,18-,20+,21+,22-,23-,26-,27+/m1/s1. The minimum Gasteiger partial charge on any atom is -0.508 e. The van der Waals surface area contributed by atoms with Crippen molar-refractivity contribution in [3.8, 4) is 40.1 Å². The van der Waals surface area contributed by atoms with Gasteiger partial charge in [-0.05, 0) is 18.2 Å². The summed E-state index contributed by atoms with van der Waals surface area (Å²) in [5.74, 6) is -3.44. The Morgan fingerprint density at radius 3 is 2.00 bits per heavy atom. The molecular formula is C27H30O17. The van der Waals surface area contributed by atoms with Gasteiger partial charge >= 0.3 is 0 Å². The molecule has 0 saturated carbocycles. The Balaban J connectivity index is 1.47. The lowest BCUT2D eigenvalue weighted by Crippen LogP contribution is -2.62. The Hall–Kier alpha value is -3.75. The number of hydrogen-bond acceptors (Lipinski definition) is 17. The van der Waals surface area contributed by atoms with E-state index in [0.717, 1.165) is 24.3 Å². The van der Waals surface area contributed by atoms with Crippen LogP contribution in [0, 0.1) is 0 Å². The number of phenolic OH excluding ortho intramolecular Hbond substituents is 4. The molecule has 17 heteroatoms. The molecule has 5 rings (SSSR count). The molecule has 3 heterocycles. The lowest BCUT2D eigenvalue weighted by Gasteiger charge is -2.42. The van der Waals surface area contributed by atoms with E-state index in [1.165, 1.54) is 6.07 Å². The SMILES string of the molecule is O=c1c(O[C@@H]2O[C@H](CO[C@@H]3O[C@H](CO)[C@H](O)[C@H](O)[C@H]3O)[C@@H](O)[C@H](O)[C@H]2O)c(-c2ccc(O)c(O)c2)oc2cc(O)cc(O)c12. The first-order valence-corrected chi connectivity index (χ1v) is 13.2. The topological polar surface area (TPSA) is 290 Å². The van der Waals surface area contributed by atoms with E-state index in [1.54, 1.807) is 0 Å². The Morgan fingerprint density at radius 2 is 1.34 bits per heavy atom. The van der Waals surface area contributed by atoms with E-state index >= 15 is 0 Å². The molecule has 2 fully saturated rings. The largest absolute Gasteiger partial charge is 0.508 e. The van der Waals surface area contributed by atoms with Gasteiger partial charge in [-0.1, -0.05) is 0 Å². The molecule has 0 radical (unpaired) electrons. The fraction of sp³-hybridized carbons (Fsp3) is 0.444. The second kappa shape index (κ2) is 12.3. The maximum atomic E-state index is 13.6. The van der Waals surface area contributed by atoms with Crippen molar-refractivity contribution >= 4 is 11.0 Å². The van der Waals surface area contributed by atoms with Crippen LogP contribution in [0.15, 0.2) is 39.5 Å². The zero-order chi connectivity index (χ0) is 32.0. The first-order valence-electron chi connectivity index (χ1n) is 13.2. The highest BCUT2D eigenvalue weighted by molar-refractivity contribution is 5.88. The zero-order valence-electron chi connectivity index (χ0n) is 22.4. The minimum atomic E-state index is -2.00. The zero-order valence-corrected chi connectivity index (χ0v) is 22.4. The van der Waals surface area contributed by atoms with Crippen LogP contribution in [0.25, 0.3) is 22.3 Å². The van der Waals surface area contributed by atoms with E-state index in [1.807, 2.05) is 0 Å². The van der Waals surface area contributed by atoms with Crippen molar-refractivity contribution in [1.82, 2.24) is 0 Å². The number of ether oxygens (including phenoxy) is 4. The molecule has 0 unspecified atom stereocenters. The third kappa shape index (κ3) is 5.73. The first kappa shape index (κ1) is 31.7. The number of aromatic hydroxyl groups is 4. The van der Waals surface area contributed by atoms with E-state index in [4.69, 9.17) is 23.4 Å². The number of benzene rings is 2. The number of hydrogen-bond donors (Lipinski definition) is 11. The van der Waals surface area contributed by atoms with Crippen molar-refractivity contribution in [2.75, 3.05) is 13.2 Å². The van der Waals surface area contributed by atoms with E-state index in [-0.39, 0.29) is 11.1 Å². The van der Waals surface area contributed by atoms with Crippen LogP contribution in [0.1, 0.15) is 0 Å². The van der Waals surface area contributed by atoms with Crippen molar-refractivity contribution in [2.45, 2.75) is 61.4 Å². The molecule has 0 amide bonds. The van der Waals surface area contributed by atoms with Gasteiger partial charge in [0.1, 0.15) is 71.3 Å². The molecule has 3 aromatic rings. The second-order valence-corrected chi connectivity index (χ2v) is 10.3. The maximum Gasteiger partial charge on any atom is 0.239 e. The quantitative estimate of drug-likeness (QED) is 0.119. The monoisotopic (exact) mass is 626 g/mol. The van der Waals surface area contributed by atoms with Crippen molar-refractivity contribution in [3.05, 3.63) is 40.6 Å². The fourth-order valence-electron chi connectivity index (χ4n) is 4.89. The fourth-order valence-corrected chi connectivity index (χ4v) is 4.89. The Morgan fingerprint density at radius 1 is 0.705 bits per heavy atom. The van der Waals surface area contributed by atoms with Gasteiger partial charge in [-0.15, -0.1) is 0 Å². The molecule has 240 valence electrons. The van der Waals surface area contributed by atoms with Crippen LogP contribution >= 0.6 is 0 Å². The number of fused-ring (bicyclic) bond motifs is 1. The van der Waals surface area contributed by atoms with Gasteiger partial charge in [0, 0.05) is 17.7 Å². The van der Waals surface area contributed by atoms with Crippen molar-refractivity contribution in [3.63, 3.8) is 0 Å². The second-order valence-electron chi connectivity index (χ2n) is 10.3. The number of phenols is 4. The van der Waals surface area contributed by atoms with Gasteiger partial charge in [-0.3, -0.25) is 4.79 Å². The minimum absolute atomic E-state index is 0.0504. The van der Waals surface area contributed by atoms with Gasteiger partial charge in [-0.25, -0.2) is 0 Å². The summed E-state index contributed by atoms with van der Waals surface area (Å²) in [7, 11) is 0. The molecule has 1 aromatic heterocycles. The highest BCUT2D eigenvalue weighted by atomic mass is 16.7. The summed E-state index contributed by atoms with van der Waals surface area (Å²) in [6.45, 7) is -1.42. The summed E-state index contributed by atoms with van der Waals surface area (Å²) in [6.07, 6.45) is -17.4. The molecule has 0 bridgehead atoms. The molecule has 0 spiro atoms. The highest BCUT2D eigenvalue weighted by Crippen LogP contribution is 2.39. The highest BCUT2D eigenvalue weighted by Gasteiger charge is 2.48. The Bertz CT molecular complexity index is 1560. The van der Waals surface area contributed by atoms with Crippen LogP contribution in [0.3, 0.4) is 0 Å². The smallest absolute Gasteiger partial charge is 0.239 e. The maximum absolute atomic E-state index is 13.6. The lowest BCUT2D eigenvalue weighted by molar-refractivity contribution is -0.323. The molecule has 11 N–H and O–H groups in total. The van der Waals surface area contributed by atoms with Crippen LogP contribution < -0.4 is 10.2 Å². The summed E-state index contributed by atoms with van der Waals surface area (Å²) in [5, 5.41) is 111.